The molecule has 0 amide bonds. The van der Waals surface area contributed by atoms with Gasteiger partial charge in [-0.15, -0.1) is 0 Å². The molecule has 1 aliphatic heterocycles. The van der Waals surface area contributed by atoms with Crippen molar-refractivity contribution < 1.29 is 19.1 Å². The number of carbonyl (C=O) groups excluding carboxylic acids is 1. The number of Topliss-reactive ketones (excluding diaryl/α,β-unsaturated/α-hetero) is 1. The number of nitrogens with zero attached hydrogens (tertiary/aromatic N) is 4. The molecule has 1 saturated carbocycles. The number of anilines is 3. The molecule has 0 radical (unpaired) electrons. The standard InChI is InChI=1S/C32H31N5O5.2C2H6/c1-19(38)27-14-21-18-33-32(35-31(21)37(27)23-7-2-3-8-23)34-22-6-4-5-20(13-22)25-15-24(39)16-26-28(40)17-29(42-30(25)26)36-9-11-41-12-10-36;2*1-2/h4-6,13-18,23,39H,2-3,7-12H2,1H3,(H,33,34,35);2*1-2H3. The second-order valence-electron chi connectivity index (χ2n) is 11.0. The maximum Gasteiger partial charge on any atom is 0.229 e. The average molecular weight is 626 g/mol. The van der Waals surface area contributed by atoms with Gasteiger partial charge in [0.15, 0.2) is 17.1 Å². The zero-order valence-corrected chi connectivity index (χ0v) is 27.3. The number of aromatic nitrogens is 3. The first kappa shape index (κ1) is 32.7. The summed E-state index contributed by atoms with van der Waals surface area (Å²) >= 11 is 0. The van der Waals surface area contributed by atoms with Crippen molar-refractivity contribution >= 4 is 45.3 Å². The second kappa shape index (κ2) is 14.6. The highest BCUT2D eigenvalue weighted by Gasteiger charge is 2.24. The summed E-state index contributed by atoms with van der Waals surface area (Å²) in [7, 11) is 0. The lowest BCUT2D eigenvalue weighted by Gasteiger charge is -2.27. The van der Waals surface area contributed by atoms with Gasteiger partial charge in [0.1, 0.15) is 17.0 Å². The van der Waals surface area contributed by atoms with Crippen molar-refractivity contribution in [1.29, 1.82) is 0 Å². The van der Waals surface area contributed by atoms with Crippen molar-refractivity contribution in [3.05, 3.63) is 70.6 Å². The van der Waals surface area contributed by atoms with Crippen molar-refractivity contribution in [2.75, 3.05) is 36.5 Å². The van der Waals surface area contributed by atoms with Crippen LogP contribution in [0.3, 0.4) is 0 Å². The second-order valence-corrected chi connectivity index (χ2v) is 11.0. The van der Waals surface area contributed by atoms with E-state index in [1.807, 2.05) is 62.9 Å². The van der Waals surface area contributed by atoms with Gasteiger partial charge < -0.3 is 29.0 Å². The lowest BCUT2D eigenvalue weighted by Crippen LogP contribution is -2.36. The van der Waals surface area contributed by atoms with Crippen LogP contribution in [0.15, 0.2) is 63.9 Å². The fourth-order valence-corrected chi connectivity index (χ4v) is 6.15. The van der Waals surface area contributed by atoms with Crippen LogP contribution in [0.2, 0.25) is 0 Å². The lowest BCUT2D eigenvalue weighted by molar-refractivity contribution is 0.100. The van der Waals surface area contributed by atoms with E-state index in [0.29, 0.717) is 60.4 Å². The number of phenols is 1. The third-order valence-electron chi connectivity index (χ3n) is 8.18. The number of phenolic OH excluding ortho intramolecular Hbond substituents is 1. The number of ether oxygens (including phenoxy) is 1. The fourth-order valence-electron chi connectivity index (χ4n) is 6.15. The van der Waals surface area contributed by atoms with Crippen LogP contribution in [0.4, 0.5) is 17.5 Å². The van der Waals surface area contributed by atoms with Crippen molar-refractivity contribution in [1.82, 2.24) is 14.5 Å². The van der Waals surface area contributed by atoms with E-state index in [1.54, 1.807) is 19.2 Å². The molecule has 2 fully saturated rings. The first-order valence-corrected chi connectivity index (χ1v) is 16.3. The molecule has 10 heteroatoms. The van der Waals surface area contributed by atoms with Gasteiger partial charge in [-0.2, -0.15) is 4.98 Å². The van der Waals surface area contributed by atoms with E-state index in [1.165, 1.54) is 12.1 Å². The molecule has 0 unspecified atom stereocenters. The summed E-state index contributed by atoms with van der Waals surface area (Å²) in [6.45, 7) is 12.0. The van der Waals surface area contributed by atoms with Gasteiger partial charge in [-0.1, -0.05) is 52.7 Å². The highest BCUT2D eigenvalue weighted by Crippen LogP contribution is 2.36. The topological polar surface area (TPSA) is 123 Å². The normalized spacial score (nSPS) is 14.8. The van der Waals surface area contributed by atoms with Crippen LogP contribution < -0.4 is 15.6 Å². The van der Waals surface area contributed by atoms with Gasteiger partial charge in [0.25, 0.3) is 0 Å². The predicted octanol–water partition coefficient (Wildman–Crippen LogP) is 7.86. The van der Waals surface area contributed by atoms with Crippen LogP contribution >= 0.6 is 0 Å². The Bertz CT molecular complexity index is 1880. The van der Waals surface area contributed by atoms with E-state index in [2.05, 4.69) is 14.9 Å². The molecule has 46 heavy (non-hydrogen) atoms. The molecule has 2 aliphatic rings. The summed E-state index contributed by atoms with van der Waals surface area (Å²) in [5.74, 6) is 0.886. The number of rotatable bonds is 6. The van der Waals surface area contributed by atoms with Gasteiger partial charge in [-0.3, -0.25) is 9.59 Å². The molecule has 0 spiro atoms. The van der Waals surface area contributed by atoms with E-state index in [9.17, 15) is 14.7 Å². The minimum absolute atomic E-state index is 0.0175. The maximum atomic E-state index is 13.1. The summed E-state index contributed by atoms with van der Waals surface area (Å²) < 4.78 is 13.8. The van der Waals surface area contributed by atoms with Gasteiger partial charge >= 0.3 is 0 Å². The maximum absolute atomic E-state index is 13.1. The third-order valence-corrected chi connectivity index (χ3v) is 8.18. The molecular weight excluding hydrogens is 582 g/mol. The molecule has 7 rings (SSSR count). The number of hydrogen-bond acceptors (Lipinski definition) is 9. The molecule has 5 aromatic rings. The molecule has 1 aliphatic carbocycles. The van der Waals surface area contributed by atoms with Gasteiger partial charge in [0.2, 0.25) is 5.95 Å². The average Bonchev–Trinajstić information content (AvgIpc) is 3.75. The Balaban J connectivity index is 0.00000100. The molecule has 3 aromatic heterocycles. The van der Waals surface area contributed by atoms with Crippen LogP contribution in [0.5, 0.6) is 5.75 Å². The molecule has 10 nitrogen and oxygen atoms in total. The van der Waals surface area contributed by atoms with Crippen LogP contribution in [-0.2, 0) is 4.74 Å². The number of benzene rings is 2. The summed E-state index contributed by atoms with van der Waals surface area (Å²) in [4.78, 5) is 36.9. The Morgan fingerprint density at radius 1 is 1.00 bits per heavy atom. The van der Waals surface area contributed by atoms with E-state index < -0.39 is 0 Å². The lowest BCUT2D eigenvalue weighted by atomic mass is 10.0. The van der Waals surface area contributed by atoms with E-state index in [4.69, 9.17) is 14.1 Å². The summed E-state index contributed by atoms with van der Waals surface area (Å²) in [5, 5.41) is 15.0. The fraction of sp³-hybridized carbons (Fsp3) is 0.389. The number of nitrogens with one attached hydrogen (secondary N) is 1. The van der Waals surface area contributed by atoms with E-state index >= 15 is 0 Å². The first-order valence-electron chi connectivity index (χ1n) is 16.3. The molecule has 0 atom stereocenters. The highest BCUT2D eigenvalue weighted by atomic mass is 16.5. The van der Waals surface area contributed by atoms with E-state index in [-0.39, 0.29) is 23.0 Å². The monoisotopic (exact) mass is 625 g/mol. The summed E-state index contributed by atoms with van der Waals surface area (Å²) in [6.07, 6.45) is 6.09. The Morgan fingerprint density at radius 2 is 1.74 bits per heavy atom. The molecule has 1 saturated heterocycles. The first-order chi connectivity index (χ1) is 22.4. The van der Waals surface area contributed by atoms with Gasteiger partial charge in [0, 0.05) is 55.0 Å². The Morgan fingerprint density at radius 3 is 2.46 bits per heavy atom. The van der Waals surface area contributed by atoms with Gasteiger partial charge in [0.05, 0.1) is 24.3 Å². The molecule has 2 aromatic carbocycles. The van der Waals surface area contributed by atoms with Gasteiger partial charge in [-0.25, -0.2) is 4.98 Å². The van der Waals surface area contributed by atoms with Crippen molar-refractivity contribution in [2.24, 2.45) is 0 Å². The van der Waals surface area contributed by atoms with Crippen LogP contribution in [0, 0.1) is 0 Å². The zero-order chi connectivity index (χ0) is 32.8. The zero-order valence-electron chi connectivity index (χ0n) is 27.3. The van der Waals surface area contributed by atoms with E-state index in [0.717, 1.165) is 48.0 Å². The third kappa shape index (κ3) is 6.62. The highest BCUT2D eigenvalue weighted by molar-refractivity contribution is 5.98. The Hall–Kier alpha value is -4.70. The van der Waals surface area contributed by atoms with Crippen LogP contribution in [-0.4, -0.2) is 51.7 Å². The number of morpholine rings is 1. The quantitative estimate of drug-likeness (QED) is 0.182. The largest absolute Gasteiger partial charge is 0.508 e. The van der Waals surface area contributed by atoms with Gasteiger partial charge in [-0.05, 0) is 48.7 Å². The number of ketones is 1. The van der Waals surface area contributed by atoms with Crippen LogP contribution in [0.1, 0.15) is 76.8 Å². The SMILES string of the molecule is CC.CC.CC(=O)c1cc2cnc(Nc3cccc(-c4cc(O)cc5c(=O)cc(N6CCOCC6)oc45)c3)nc2n1C1CCCC1. The molecule has 0 bridgehead atoms. The predicted molar refractivity (Wildman–Crippen MR) is 184 cm³/mol. The van der Waals surface area contributed by atoms with Crippen LogP contribution in [0.25, 0.3) is 33.1 Å². The number of fused-ring (bicyclic) bond motifs is 2. The molecule has 4 heterocycles. The Labute approximate surface area is 269 Å². The van der Waals surface area contributed by atoms with Crippen molar-refractivity contribution in [2.45, 2.75) is 66.3 Å². The van der Waals surface area contributed by atoms with Crippen molar-refractivity contribution in [3.63, 3.8) is 0 Å². The molecule has 2 N–H and O–H groups in total. The minimum atomic E-state index is -0.221. The minimum Gasteiger partial charge on any atom is -0.508 e. The smallest absolute Gasteiger partial charge is 0.229 e. The molecular formula is C36H43N5O5. The summed E-state index contributed by atoms with van der Waals surface area (Å²) in [5.41, 5.74) is 3.66. The number of carbonyl (C=O) groups is 1. The Kier molecular flexibility index (Phi) is 10.4. The summed E-state index contributed by atoms with van der Waals surface area (Å²) in [6, 6.07) is 14.2. The van der Waals surface area contributed by atoms with Crippen molar-refractivity contribution in [3.8, 4) is 16.9 Å². The number of hydrogen-bond donors (Lipinski definition) is 2. The molecule has 242 valence electrons. The number of aromatic hydroxyl groups is 1.